The zero-order valence-electron chi connectivity index (χ0n) is 15.8. The average Bonchev–Trinajstić information content (AvgIpc) is 2.71. The van der Waals surface area contributed by atoms with Gasteiger partial charge in [-0.2, -0.15) is 0 Å². The Labute approximate surface area is 165 Å². The third kappa shape index (κ3) is 5.68. The highest BCUT2D eigenvalue weighted by molar-refractivity contribution is 7.41. The summed E-state index contributed by atoms with van der Waals surface area (Å²) in [6, 6.07) is 22.2. The van der Waals surface area contributed by atoms with Crippen molar-refractivity contribution in [1.82, 2.24) is 0 Å². The smallest absolute Gasteiger partial charge is 0.329 e. The zero-order valence-corrected chi connectivity index (χ0v) is 16.7. The van der Waals surface area contributed by atoms with E-state index in [0.717, 1.165) is 16.7 Å². The van der Waals surface area contributed by atoms with Crippen LogP contribution in [0.1, 0.15) is 16.7 Å². The quantitative estimate of drug-likeness (QED) is 0.243. The van der Waals surface area contributed by atoms with Crippen molar-refractivity contribution in [2.24, 2.45) is 0 Å². The van der Waals surface area contributed by atoms with Gasteiger partial charge in [-0.3, -0.25) is 0 Å². The van der Waals surface area contributed by atoms with Crippen LogP contribution in [0, 0.1) is 20.8 Å². The van der Waals surface area contributed by atoms with Gasteiger partial charge in [0.05, 0.1) is 0 Å². The SMILES string of the molecule is Cc1ccccc1OOP(OOc1ccccc1C)OOc1ccccc1C. The first-order valence-corrected chi connectivity index (χ1v) is 9.74. The van der Waals surface area contributed by atoms with Crippen molar-refractivity contribution in [2.45, 2.75) is 20.8 Å². The Balaban J connectivity index is 1.65. The van der Waals surface area contributed by atoms with Gasteiger partial charge in [0.2, 0.25) is 0 Å². The van der Waals surface area contributed by atoms with Crippen molar-refractivity contribution in [1.29, 1.82) is 0 Å². The molecule has 0 unspecified atom stereocenters. The second kappa shape index (κ2) is 10.1. The van der Waals surface area contributed by atoms with Crippen molar-refractivity contribution in [3.05, 3.63) is 89.5 Å². The maximum Gasteiger partial charge on any atom is 0.455 e. The molecule has 0 bridgehead atoms. The number of aryl methyl sites for hydroxylation is 3. The first kappa shape index (κ1) is 20.1. The third-order valence-corrected chi connectivity index (χ3v) is 4.43. The highest BCUT2D eigenvalue weighted by Crippen LogP contribution is 2.42. The van der Waals surface area contributed by atoms with E-state index in [9.17, 15) is 0 Å². The Morgan fingerprint density at radius 2 is 0.750 bits per heavy atom. The molecule has 0 N–H and O–H groups in total. The molecule has 3 aromatic rings. The fourth-order valence-corrected chi connectivity index (χ4v) is 2.70. The lowest BCUT2D eigenvalue weighted by atomic mass is 10.2. The minimum atomic E-state index is -2.14. The highest BCUT2D eigenvalue weighted by atomic mass is 31.2. The van der Waals surface area contributed by atoms with E-state index in [1.165, 1.54) is 0 Å². The van der Waals surface area contributed by atoms with Gasteiger partial charge in [0, 0.05) is 0 Å². The Hall–Kier alpha value is -2.63. The molecule has 28 heavy (non-hydrogen) atoms. The Morgan fingerprint density at radius 3 is 1.04 bits per heavy atom. The van der Waals surface area contributed by atoms with Crippen LogP contribution >= 0.6 is 8.60 Å². The van der Waals surface area contributed by atoms with Crippen molar-refractivity contribution in [3.63, 3.8) is 0 Å². The molecule has 7 heteroatoms. The predicted molar refractivity (Wildman–Crippen MR) is 106 cm³/mol. The zero-order chi connectivity index (χ0) is 19.8. The molecule has 6 nitrogen and oxygen atoms in total. The van der Waals surface area contributed by atoms with Gasteiger partial charge in [-0.1, -0.05) is 68.6 Å². The van der Waals surface area contributed by atoms with Crippen LogP contribution in [0.2, 0.25) is 0 Å². The van der Waals surface area contributed by atoms with Crippen LogP contribution in [0.5, 0.6) is 17.2 Å². The van der Waals surface area contributed by atoms with E-state index in [2.05, 4.69) is 0 Å². The van der Waals surface area contributed by atoms with E-state index in [1.807, 2.05) is 75.4 Å². The minimum Gasteiger partial charge on any atom is -0.329 e. The number of rotatable bonds is 9. The summed E-state index contributed by atoms with van der Waals surface area (Å²) in [6.45, 7) is 5.70. The van der Waals surface area contributed by atoms with E-state index in [4.69, 9.17) is 28.7 Å². The average molecular weight is 400 g/mol. The summed E-state index contributed by atoms with van der Waals surface area (Å²) in [4.78, 5) is 16.1. The molecule has 0 amide bonds. The van der Waals surface area contributed by atoms with Gasteiger partial charge in [-0.15, -0.1) is 0 Å². The molecule has 3 rings (SSSR count). The molecule has 146 valence electrons. The van der Waals surface area contributed by atoms with Gasteiger partial charge in [0.15, 0.2) is 17.2 Å². The molecule has 0 aliphatic carbocycles. The predicted octanol–water partition coefficient (Wildman–Crippen LogP) is 6.17. The van der Waals surface area contributed by atoms with Gasteiger partial charge in [-0.05, 0) is 55.7 Å². The molecule has 0 radical (unpaired) electrons. The molecule has 0 aliphatic rings. The van der Waals surface area contributed by atoms with Crippen LogP contribution in [0.25, 0.3) is 0 Å². The van der Waals surface area contributed by atoms with E-state index in [1.54, 1.807) is 18.2 Å². The second-order valence-electron chi connectivity index (χ2n) is 5.99. The Kier molecular flexibility index (Phi) is 7.23. The first-order chi connectivity index (χ1) is 13.6. The van der Waals surface area contributed by atoms with Gasteiger partial charge in [-0.25, -0.2) is 0 Å². The highest BCUT2D eigenvalue weighted by Gasteiger charge is 2.22. The van der Waals surface area contributed by atoms with E-state index < -0.39 is 8.60 Å². The molecular weight excluding hydrogens is 379 g/mol. The Morgan fingerprint density at radius 1 is 0.464 bits per heavy atom. The van der Waals surface area contributed by atoms with Gasteiger partial charge < -0.3 is 14.7 Å². The summed E-state index contributed by atoms with van der Waals surface area (Å²) in [5.41, 5.74) is 2.70. The van der Waals surface area contributed by atoms with Crippen LogP contribution in [-0.2, 0) is 14.0 Å². The summed E-state index contributed by atoms with van der Waals surface area (Å²) < 4.78 is 15.9. The number of benzene rings is 3. The van der Waals surface area contributed by atoms with E-state index >= 15 is 0 Å². The first-order valence-electron chi connectivity index (χ1n) is 8.64. The minimum absolute atomic E-state index is 0.536. The maximum atomic E-state index is 5.36. The molecule has 0 aromatic heterocycles. The van der Waals surface area contributed by atoms with E-state index in [-0.39, 0.29) is 0 Å². The summed E-state index contributed by atoms with van der Waals surface area (Å²) in [6.07, 6.45) is 0. The van der Waals surface area contributed by atoms with Crippen LogP contribution in [-0.4, -0.2) is 0 Å². The molecule has 0 spiro atoms. The summed E-state index contributed by atoms with van der Waals surface area (Å²) in [7, 11) is -2.14. The lowest BCUT2D eigenvalue weighted by Crippen LogP contribution is -2.05. The van der Waals surface area contributed by atoms with Crippen LogP contribution < -0.4 is 14.7 Å². The largest absolute Gasteiger partial charge is 0.455 e. The summed E-state index contributed by atoms with van der Waals surface area (Å²) in [5, 5.41) is 0. The maximum absolute atomic E-state index is 5.36. The molecule has 0 heterocycles. The summed E-state index contributed by atoms with van der Waals surface area (Å²) >= 11 is 0. The topological polar surface area (TPSA) is 55.4 Å². The number of hydrogen-bond acceptors (Lipinski definition) is 6. The van der Waals surface area contributed by atoms with Crippen LogP contribution in [0.4, 0.5) is 0 Å². The molecule has 0 atom stereocenters. The molecule has 0 saturated heterocycles. The lowest BCUT2D eigenvalue weighted by molar-refractivity contribution is -0.220. The number of hydrogen-bond donors (Lipinski definition) is 0. The molecular formula is C21H21O6P. The van der Waals surface area contributed by atoms with Crippen molar-refractivity contribution in [3.8, 4) is 17.2 Å². The Bertz CT molecular complexity index is 784. The second-order valence-corrected chi connectivity index (χ2v) is 6.89. The standard InChI is InChI=1S/C21H21O6P/c1-16-10-4-7-13-19(16)22-25-28(26-23-20-14-8-5-11-17(20)2)27-24-21-15-9-6-12-18(21)3/h4-15H,1-3H3. The molecule has 0 saturated carbocycles. The monoisotopic (exact) mass is 400 g/mol. The van der Waals surface area contributed by atoms with Crippen LogP contribution in [0.15, 0.2) is 72.8 Å². The van der Waals surface area contributed by atoms with Crippen molar-refractivity contribution >= 4 is 8.60 Å². The van der Waals surface area contributed by atoms with E-state index in [0.29, 0.717) is 17.2 Å². The molecule has 3 aromatic carbocycles. The molecule has 0 aliphatic heterocycles. The normalized spacial score (nSPS) is 10.7. The van der Waals surface area contributed by atoms with Gasteiger partial charge in [0.1, 0.15) is 0 Å². The van der Waals surface area contributed by atoms with Crippen molar-refractivity contribution < 1.29 is 28.7 Å². The van der Waals surface area contributed by atoms with Crippen molar-refractivity contribution in [2.75, 3.05) is 0 Å². The van der Waals surface area contributed by atoms with Gasteiger partial charge >= 0.3 is 8.60 Å². The van der Waals surface area contributed by atoms with Gasteiger partial charge in [0.25, 0.3) is 0 Å². The fraction of sp³-hybridized carbons (Fsp3) is 0.143. The number of para-hydroxylation sites is 3. The fourth-order valence-electron chi connectivity index (χ4n) is 2.20. The third-order valence-electron chi connectivity index (χ3n) is 3.84. The van der Waals surface area contributed by atoms with Crippen LogP contribution in [0.3, 0.4) is 0 Å². The lowest BCUT2D eigenvalue weighted by Gasteiger charge is -2.15. The summed E-state index contributed by atoms with van der Waals surface area (Å²) in [5.74, 6) is 1.61. The molecule has 0 fully saturated rings.